The molecular formula is C18H30N2O. The Morgan fingerprint density at radius 3 is 2.76 bits per heavy atom. The fourth-order valence-electron chi connectivity index (χ4n) is 3.21. The summed E-state index contributed by atoms with van der Waals surface area (Å²) in [6.07, 6.45) is 3.92. The molecule has 3 heteroatoms. The Hall–Kier alpha value is -0.900. The third kappa shape index (κ3) is 5.10. The number of nitrogens with one attached hydrogen (secondary N) is 1. The number of nitrogens with zero attached hydrogens (tertiary/aromatic N) is 1. The molecule has 1 aromatic rings. The first-order chi connectivity index (χ1) is 10.2. The highest BCUT2D eigenvalue weighted by Crippen LogP contribution is 2.16. The maximum absolute atomic E-state index is 5.47. The van der Waals surface area contributed by atoms with E-state index in [1.807, 2.05) is 7.11 Å². The zero-order valence-corrected chi connectivity index (χ0v) is 13.7. The van der Waals surface area contributed by atoms with Gasteiger partial charge in [0.15, 0.2) is 0 Å². The van der Waals surface area contributed by atoms with E-state index in [0.29, 0.717) is 18.2 Å². The minimum Gasteiger partial charge on any atom is -0.380 e. The van der Waals surface area contributed by atoms with Crippen LogP contribution in [0.5, 0.6) is 0 Å². The van der Waals surface area contributed by atoms with Gasteiger partial charge >= 0.3 is 0 Å². The van der Waals surface area contributed by atoms with Gasteiger partial charge in [-0.1, -0.05) is 43.7 Å². The van der Waals surface area contributed by atoms with Gasteiger partial charge in [-0.3, -0.25) is 4.90 Å². The van der Waals surface area contributed by atoms with Crippen LogP contribution in [-0.2, 0) is 11.2 Å². The Labute approximate surface area is 129 Å². The lowest BCUT2D eigenvalue weighted by molar-refractivity contribution is 0.0386. The van der Waals surface area contributed by atoms with Crippen molar-refractivity contribution < 1.29 is 4.74 Å². The van der Waals surface area contributed by atoms with Gasteiger partial charge in [0.05, 0.1) is 6.10 Å². The van der Waals surface area contributed by atoms with E-state index in [4.69, 9.17) is 4.74 Å². The number of rotatable bonds is 7. The maximum Gasteiger partial charge on any atom is 0.0670 e. The average Bonchev–Trinajstić information content (AvgIpc) is 2.51. The number of hydrogen-bond acceptors (Lipinski definition) is 3. The number of methoxy groups -OCH3 is 1. The van der Waals surface area contributed by atoms with Crippen molar-refractivity contribution in [2.45, 2.75) is 51.3 Å². The molecule has 0 spiro atoms. The molecule has 1 aliphatic rings. The summed E-state index contributed by atoms with van der Waals surface area (Å²) in [7, 11) is 1.81. The molecule has 118 valence electrons. The van der Waals surface area contributed by atoms with E-state index >= 15 is 0 Å². The molecule has 0 aliphatic carbocycles. The lowest BCUT2D eigenvalue weighted by Crippen LogP contribution is -2.58. The lowest BCUT2D eigenvalue weighted by atomic mass is 9.99. The molecule has 1 fully saturated rings. The minimum atomic E-state index is 0.305. The molecule has 0 amide bonds. The van der Waals surface area contributed by atoms with Crippen molar-refractivity contribution in [3.63, 3.8) is 0 Å². The van der Waals surface area contributed by atoms with E-state index < -0.39 is 0 Å². The molecule has 0 radical (unpaired) electrons. The van der Waals surface area contributed by atoms with Crippen LogP contribution in [-0.4, -0.2) is 49.8 Å². The van der Waals surface area contributed by atoms with Crippen LogP contribution in [0.25, 0.3) is 0 Å². The second kappa shape index (κ2) is 8.52. The van der Waals surface area contributed by atoms with Crippen molar-refractivity contribution in [1.82, 2.24) is 10.2 Å². The van der Waals surface area contributed by atoms with Crippen LogP contribution >= 0.6 is 0 Å². The standard InChI is InChI=1S/C18H30N2O/c1-4-8-18-12-19-17(11-16-9-6-5-7-10-16)14-20(18)13-15(2)21-3/h5-7,9-10,15,17-19H,4,8,11-14H2,1-3H3. The van der Waals surface area contributed by atoms with E-state index in [0.717, 1.165) is 26.1 Å². The smallest absolute Gasteiger partial charge is 0.0670 e. The van der Waals surface area contributed by atoms with Gasteiger partial charge in [0.2, 0.25) is 0 Å². The van der Waals surface area contributed by atoms with Crippen molar-refractivity contribution in [3.05, 3.63) is 35.9 Å². The number of benzene rings is 1. The second-order valence-electron chi connectivity index (χ2n) is 6.24. The fraction of sp³-hybridized carbons (Fsp3) is 0.667. The highest BCUT2D eigenvalue weighted by atomic mass is 16.5. The first-order valence-electron chi connectivity index (χ1n) is 8.27. The summed E-state index contributed by atoms with van der Waals surface area (Å²) in [5.74, 6) is 0. The van der Waals surface area contributed by atoms with E-state index in [-0.39, 0.29) is 0 Å². The van der Waals surface area contributed by atoms with Crippen LogP contribution in [0.2, 0.25) is 0 Å². The van der Waals surface area contributed by atoms with Gasteiger partial charge < -0.3 is 10.1 Å². The molecule has 1 saturated heterocycles. The van der Waals surface area contributed by atoms with Crippen molar-refractivity contribution in [2.24, 2.45) is 0 Å². The first-order valence-corrected chi connectivity index (χ1v) is 8.27. The SMILES string of the molecule is CCCC1CNC(Cc2ccccc2)CN1CC(C)OC. The van der Waals surface area contributed by atoms with Gasteiger partial charge in [-0.2, -0.15) is 0 Å². The average molecular weight is 290 g/mol. The Balaban J connectivity index is 1.94. The summed E-state index contributed by atoms with van der Waals surface area (Å²) in [5.41, 5.74) is 1.42. The molecule has 0 saturated carbocycles. The van der Waals surface area contributed by atoms with Crippen LogP contribution in [0.3, 0.4) is 0 Å². The maximum atomic E-state index is 5.47. The first kappa shape index (κ1) is 16.5. The molecule has 1 N–H and O–H groups in total. The summed E-state index contributed by atoms with van der Waals surface area (Å²) in [5, 5.41) is 3.74. The second-order valence-corrected chi connectivity index (χ2v) is 6.24. The molecule has 3 unspecified atom stereocenters. The zero-order valence-electron chi connectivity index (χ0n) is 13.7. The number of piperazine rings is 1. The van der Waals surface area contributed by atoms with Gasteiger partial charge in [0, 0.05) is 38.8 Å². The number of ether oxygens (including phenoxy) is 1. The van der Waals surface area contributed by atoms with Gasteiger partial charge in [0.1, 0.15) is 0 Å². The largest absolute Gasteiger partial charge is 0.380 e. The predicted octanol–water partition coefficient (Wildman–Crippen LogP) is 2.71. The van der Waals surface area contributed by atoms with Gasteiger partial charge in [0.25, 0.3) is 0 Å². The Kier molecular flexibility index (Phi) is 6.68. The van der Waals surface area contributed by atoms with Gasteiger partial charge in [-0.15, -0.1) is 0 Å². The van der Waals surface area contributed by atoms with Crippen LogP contribution in [0, 0.1) is 0 Å². The summed E-state index contributed by atoms with van der Waals surface area (Å²) >= 11 is 0. The third-order valence-corrected chi connectivity index (χ3v) is 4.45. The Morgan fingerprint density at radius 2 is 2.10 bits per heavy atom. The van der Waals surface area contributed by atoms with Gasteiger partial charge in [-0.05, 0) is 25.3 Å². The quantitative estimate of drug-likeness (QED) is 0.835. The van der Waals surface area contributed by atoms with Crippen LogP contribution in [0.15, 0.2) is 30.3 Å². The molecule has 1 heterocycles. The van der Waals surface area contributed by atoms with Crippen molar-refractivity contribution >= 4 is 0 Å². The molecular weight excluding hydrogens is 260 g/mol. The normalized spacial score (nSPS) is 24.9. The van der Waals surface area contributed by atoms with Crippen LogP contribution < -0.4 is 5.32 Å². The van der Waals surface area contributed by atoms with Crippen molar-refractivity contribution in [1.29, 1.82) is 0 Å². The van der Waals surface area contributed by atoms with Crippen LogP contribution in [0.4, 0.5) is 0 Å². The molecule has 0 aromatic heterocycles. The Morgan fingerprint density at radius 1 is 1.33 bits per heavy atom. The molecule has 3 atom stereocenters. The summed E-state index contributed by atoms with van der Waals surface area (Å²) in [6, 6.07) is 12.0. The highest BCUT2D eigenvalue weighted by Gasteiger charge is 2.28. The summed E-state index contributed by atoms with van der Waals surface area (Å²) in [4.78, 5) is 2.63. The molecule has 1 aliphatic heterocycles. The van der Waals surface area contributed by atoms with E-state index in [1.54, 1.807) is 0 Å². The molecule has 1 aromatic carbocycles. The predicted molar refractivity (Wildman–Crippen MR) is 88.7 cm³/mol. The third-order valence-electron chi connectivity index (χ3n) is 4.45. The molecule has 2 rings (SSSR count). The topological polar surface area (TPSA) is 24.5 Å². The molecule has 0 bridgehead atoms. The number of hydrogen-bond donors (Lipinski definition) is 1. The zero-order chi connectivity index (χ0) is 15.1. The fourth-order valence-corrected chi connectivity index (χ4v) is 3.21. The van der Waals surface area contributed by atoms with Crippen LogP contribution in [0.1, 0.15) is 32.3 Å². The lowest BCUT2D eigenvalue weighted by Gasteiger charge is -2.41. The Bertz CT molecular complexity index is 395. The highest BCUT2D eigenvalue weighted by molar-refractivity contribution is 5.16. The summed E-state index contributed by atoms with van der Waals surface area (Å²) < 4.78 is 5.47. The van der Waals surface area contributed by atoms with Crippen molar-refractivity contribution in [2.75, 3.05) is 26.7 Å². The minimum absolute atomic E-state index is 0.305. The molecule has 21 heavy (non-hydrogen) atoms. The van der Waals surface area contributed by atoms with Crippen molar-refractivity contribution in [3.8, 4) is 0 Å². The molecule has 3 nitrogen and oxygen atoms in total. The van der Waals surface area contributed by atoms with E-state index in [1.165, 1.54) is 18.4 Å². The summed E-state index contributed by atoms with van der Waals surface area (Å²) in [6.45, 7) is 7.69. The van der Waals surface area contributed by atoms with Gasteiger partial charge in [-0.25, -0.2) is 0 Å². The van der Waals surface area contributed by atoms with E-state index in [2.05, 4.69) is 54.4 Å². The monoisotopic (exact) mass is 290 g/mol. The van der Waals surface area contributed by atoms with E-state index in [9.17, 15) is 0 Å².